The summed E-state index contributed by atoms with van der Waals surface area (Å²) < 4.78 is 66.8. The van der Waals surface area contributed by atoms with E-state index in [1.165, 1.54) is 0 Å². The van der Waals surface area contributed by atoms with Crippen LogP contribution in [0.4, 0.5) is 27.6 Å². The predicted octanol–water partition coefficient (Wildman–Crippen LogP) is 1.15. The molecule has 0 aliphatic heterocycles. The molecule has 120 valence electrons. The third-order valence-corrected chi connectivity index (χ3v) is 3.31. The second kappa shape index (κ2) is 6.75. The SMILES string of the molecule is C[N+](C)(Cc1c(F)c(F)c(F)c(F)c1F)c1ccccc1.[Br-]. The molecule has 0 fully saturated rings. The van der Waals surface area contributed by atoms with Crippen LogP contribution in [-0.2, 0) is 6.54 Å². The lowest BCUT2D eigenvalue weighted by atomic mass is 10.1. The quantitative estimate of drug-likeness (QED) is 0.324. The van der Waals surface area contributed by atoms with Crippen LogP contribution in [0.1, 0.15) is 5.56 Å². The van der Waals surface area contributed by atoms with E-state index >= 15 is 0 Å². The van der Waals surface area contributed by atoms with Gasteiger partial charge in [-0.2, -0.15) is 0 Å². The molecule has 1 nitrogen and oxygen atoms in total. The summed E-state index contributed by atoms with van der Waals surface area (Å²) in [6.07, 6.45) is 0. The monoisotopic (exact) mass is 381 g/mol. The van der Waals surface area contributed by atoms with Gasteiger partial charge in [-0.25, -0.2) is 22.0 Å². The molecule has 0 saturated carbocycles. The second-order valence-corrected chi connectivity index (χ2v) is 5.23. The first-order valence-electron chi connectivity index (χ1n) is 6.14. The molecular formula is C15H13BrF5N. The number of rotatable bonds is 3. The lowest BCUT2D eigenvalue weighted by molar-refractivity contribution is -0.00000697. The van der Waals surface area contributed by atoms with Gasteiger partial charge in [0.1, 0.15) is 12.2 Å². The van der Waals surface area contributed by atoms with Gasteiger partial charge in [0.15, 0.2) is 23.3 Å². The molecule has 0 aliphatic rings. The molecule has 0 N–H and O–H groups in total. The van der Waals surface area contributed by atoms with Crippen LogP contribution >= 0.6 is 0 Å². The Labute approximate surface area is 135 Å². The van der Waals surface area contributed by atoms with Gasteiger partial charge in [-0.1, -0.05) is 18.2 Å². The van der Waals surface area contributed by atoms with E-state index in [4.69, 9.17) is 0 Å². The summed E-state index contributed by atoms with van der Waals surface area (Å²) in [5, 5.41) is 0. The van der Waals surface area contributed by atoms with Gasteiger partial charge in [-0.15, -0.1) is 0 Å². The van der Waals surface area contributed by atoms with Gasteiger partial charge in [0.05, 0.1) is 19.7 Å². The lowest BCUT2D eigenvalue weighted by Gasteiger charge is -2.29. The smallest absolute Gasteiger partial charge is 0.200 e. The standard InChI is InChI=1S/C15H13F5N.BrH/c1-21(2,9-6-4-3-5-7-9)8-10-11(16)13(18)15(20)14(19)12(10)17;/h3-7H,8H2,1-2H3;1H/q+1;/p-1. The first-order valence-corrected chi connectivity index (χ1v) is 6.14. The summed E-state index contributed by atoms with van der Waals surface area (Å²) in [5.74, 6) is -9.55. The number of halogens is 6. The minimum atomic E-state index is -2.14. The first-order chi connectivity index (χ1) is 9.75. The van der Waals surface area contributed by atoms with Crippen LogP contribution in [0.5, 0.6) is 0 Å². The Bertz CT molecular complexity index is 644. The molecule has 2 aromatic rings. The van der Waals surface area contributed by atoms with Gasteiger partial charge in [0.2, 0.25) is 5.82 Å². The van der Waals surface area contributed by atoms with Crippen molar-refractivity contribution in [2.75, 3.05) is 14.1 Å². The number of benzene rings is 2. The normalized spacial score (nSPS) is 11.2. The van der Waals surface area contributed by atoms with Crippen molar-refractivity contribution in [1.29, 1.82) is 0 Å². The van der Waals surface area contributed by atoms with Crippen molar-refractivity contribution in [3.05, 3.63) is 65.0 Å². The van der Waals surface area contributed by atoms with Gasteiger partial charge < -0.3 is 17.0 Å². The van der Waals surface area contributed by atoms with E-state index in [0.717, 1.165) is 0 Å². The second-order valence-electron chi connectivity index (χ2n) is 5.23. The average Bonchev–Trinajstić information content (AvgIpc) is 2.48. The van der Waals surface area contributed by atoms with Gasteiger partial charge in [0.25, 0.3) is 0 Å². The average molecular weight is 382 g/mol. The molecule has 22 heavy (non-hydrogen) atoms. The molecule has 0 atom stereocenters. The molecule has 0 spiro atoms. The highest BCUT2D eigenvalue weighted by Gasteiger charge is 2.30. The third-order valence-electron chi connectivity index (χ3n) is 3.31. The van der Waals surface area contributed by atoms with Crippen LogP contribution in [0, 0.1) is 29.1 Å². The van der Waals surface area contributed by atoms with E-state index in [-0.39, 0.29) is 28.0 Å². The number of quaternary nitrogens is 1. The molecule has 2 aromatic carbocycles. The molecule has 0 saturated heterocycles. The van der Waals surface area contributed by atoms with E-state index in [1.54, 1.807) is 44.4 Å². The Balaban J connectivity index is 0.00000242. The summed E-state index contributed by atoms with van der Waals surface area (Å²) in [7, 11) is 3.24. The molecule has 0 aromatic heterocycles. The molecule has 0 radical (unpaired) electrons. The van der Waals surface area contributed by atoms with E-state index in [2.05, 4.69) is 0 Å². The molecule has 2 rings (SSSR count). The van der Waals surface area contributed by atoms with Crippen LogP contribution in [0.15, 0.2) is 30.3 Å². The Hall–Kier alpha value is -1.47. The van der Waals surface area contributed by atoms with Crippen LogP contribution in [0.25, 0.3) is 0 Å². The highest BCUT2D eigenvalue weighted by molar-refractivity contribution is 5.42. The molecular weight excluding hydrogens is 369 g/mol. The maximum atomic E-state index is 13.7. The minimum Gasteiger partial charge on any atom is -1.00 e. The van der Waals surface area contributed by atoms with E-state index in [9.17, 15) is 22.0 Å². The van der Waals surface area contributed by atoms with Crippen molar-refractivity contribution in [2.24, 2.45) is 0 Å². The van der Waals surface area contributed by atoms with Crippen molar-refractivity contribution in [1.82, 2.24) is 4.48 Å². The summed E-state index contributed by atoms with van der Waals surface area (Å²) in [4.78, 5) is 0. The zero-order chi connectivity index (χ0) is 15.8. The predicted molar refractivity (Wildman–Crippen MR) is 70.0 cm³/mol. The Morgan fingerprint density at radius 1 is 0.727 bits per heavy atom. The zero-order valence-corrected chi connectivity index (χ0v) is 13.4. The molecule has 0 bridgehead atoms. The lowest BCUT2D eigenvalue weighted by Crippen LogP contribution is -3.00. The maximum absolute atomic E-state index is 13.7. The molecule has 0 unspecified atom stereocenters. The van der Waals surface area contributed by atoms with Crippen LogP contribution < -0.4 is 21.5 Å². The topological polar surface area (TPSA) is 0 Å². The largest absolute Gasteiger partial charge is 1.00 e. The van der Waals surface area contributed by atoms with Crippen molar-refractivity contribution in [3.63, 3.8) is 0 Å². The highest BCUT2D eigenvalue weighted by atomic mass is 79.9. The zero-order valence-electron chi connectivity index (χ0n) is 11.8. The van der Waals surface area contributed by atoms with Crippen LogP contribution in [0.3, 0.4) is 0 Å². The number of hydrogen-bond acceptors (Lipinski definition) is 0. The number of nitrogens with zero attached hydrogens (tertiary/aromatic N) is 1. The fourth-order valence-electron chi connectivity index (χ4n) is 2.11. The van der Waals surface area contributed by atoms with Crippen molar-refractivity contribution in [2.45, 2.75) is 6.54 Å². The van der Waals surface area contributed by atoms with Crippen LogP contribution in [-0.4, -0.2) is 14.1 Å². The third kappa shape index (κ3) is 3.30. The first kappa shape index (κ1) is 18.6. The van der Waals surface area contributed by atoms with E-state index < -0.39 is 34.6 Å². The van der Waals surface area contributed by atoms with Crippen LogP contribution in [0.2, 0.25) is 0 Å². The molecule has 0 heterocycles. The van der Waals surface area contributed by atoms with Gasteiger partial charge in [-0.05, 0) is 12.1 Å². The Morgan fingerprint density at radius 3 is 1.59 bits per heavy atom. The molecule has 7 heteroatoms. The van der Waals surface area contributed by atoms with Crippen molar-refractivity contribution in [3.8, 4) is 0 Å². The summed E-state index contributed by atoms with van der Waals surface area (Å²) in [6.45, 7) is -0.365. The fraction of sp³-hybridized carbons (Fsp3) is 0.200. The summed E-state index contributed by atoms with van der Waals surface area (Å²) >= 11 is 0. The van der Waals surface area contributed by atoms with Crippen molar-refractivity contribution >= 4 is 5.69 Å². The number of hydrogen-bond donors (Lipinski definition) is 0. The van der Waals surface area contributed by atoms with Gasteiger partial charge in [0, 0.05) is 0 Å². The van der Waals surface area contributed by atoms with Gasteiger partial charge in [-0.3, -0.25) is 4.48 Å². The van der Waals surface area contributed by atoms with Gasteiger partial charge >= 0.3 is 0 Å². The Kier molecular flexibility index (Phi) is 5.70. The van der Waals surface area contributed by atoms with E-state index in [1.807, 2.05) is 0 Å². The number of para-hydroxylation sites is 1. The minimum absolute atomic E-state index is 0. The summed E-state index contributed by atoms with van der Waals surface area (Å²) in [5.41, 5.74) is -0.137. The van der Waals surface area contributed by atoms with E-state index in [0.29, 0.717) is 5.69 Å². The fourth-order valence-corrected chi connectivity index (χ4v) is 2.11. The summed E-state index contributed by atoms with van der Waals surface area (Å²) in [6, 6.07) is 8.65. The molecule has 0 amide bonds. The molecule has 0 aliphatic carbocycles. The maximum Gasteiger partial charge on any atom is 0.200 e. The highest BCUT2D eigenvalue weighted by Crippen LogP contribution is 2.28. The van der Waals surface area contributed by atoms with Crippen molar-refractivity contribution < 1.29 is 38.9 Å². The Morgan fingerprint density at radius 2 is 1.14 bits per heavy atom.